The summed E-state index contributed by atoms with van der Waals surface area (Å²) >= 11 is 0. The molecule has 2 aromatic rings. The third-order valence-electron chi connectivity index (χ3n) is 2.52. The van der Waals surface area contributed by atoms with Crippen LogP contribution in [0.4, 0.5) is 0 Å². The first kappa shape index (κ1) is 12.3. The number of nitrogens with zero attached hydrogens (tertiary/aromatic N) is 1. The molecular formula is C14H15N3O. The largest absolute Gasteiger partial charge is 0.292 e. The van der Waals surface area contributed by atoms with Gasteiger partial charge in [-0.25, -0.2) is 5.43 Å². The van der Waals surface area contributed by atoms with E-state index in [1.165, 1.54) is 0 Å². The van der Waals surface area contributed by atoms with E-state index in [0.717, 1.165) is 16.8 Å². The maximum absolute atomic E-state index is 11.5. The first-order chi connectivity index (χ1) is 8.79. The second-order valence-corrected chi connectivity index (χ2v) is 3.89. The number of hydrazine groups is 1. The summed E-state index contributed by atoms with van der Waals surface area (Å²) in [6.45, 7) is 0. The number of hydrogen-bond donors (Lipinski definition) is 2. The van der Waals surface area contributed by atoms with Crippen LogP contribution in [0, 0.1) is 0 Å². The molecule has 0 aliphatic carbocycles. The molecule has 92 valence electrons. The molecule has 0 radical (unpaired) electrons. The van der Waals surface area contributed by atoms with Crippen molar-refractivity contribution in [1.82, 2.24) is 15.8 Å². The summed E-state index contributed by atoms with van der Waals surface area (Å²) < 4.78 is 0. The van der Waals surface area contributed by atoms with E-state index in [1.807, 2.05) is 42.5 Å². The molecule has 1 aromatic heterocycles. The van der Waals surface area contributed by atoms with Crippen LogP contribution in [0.3, 0.4) is 0 Å². The number of rotatable bonds is 4. The molecular weight excluding hydrogens is 226 g/mol. The van der Waals surface area contributed by atoms with Crippen molar-refractivity contribution in [3.8, 4) is 11.3 Å². The quantitative estimate of drug-likeness (QED) is 0.798. The monoisotopic (exact) mass is 241 g/mol. The molecule has 0 aliphatic heterocycles. The Morgan fingerprint density at radius 3 is 2.83 bits per heavy atom. The van der Waals surface area contributed by atoms with E-state index >= 15 is 0 Å². The maximum Gasteiger partial charge on any atom is 0.238 e. The van der Waals surface area contributed by atoms with Gasteiger partial charge in [0.05, 0.1) is 12.1 Å². The van der Waals surface area contributed by atoms with E-state index in [-0.39, 0.29) is 5.91 Å². The Morgan fingerprint density at radius 1 is 1.22 bits per heavy atom. The molecule has 2 N–H and O–H groups in total. The summed E-state index contributed by atoms with van der Waals surface area (Å²) in [5.41, 5.74) is 8.06. The van der Waals surface area contributed by atoms with E-state index in [2.05, 4.69) is 15.8 Å². The highest BCUT2D eigenvalue weighted by Crippen LogP contribution is 2.17. The topological polar surface area (TPSA) is 54.0 Å². The minimum Gasteiger partial charge on any atom is -0.292 e. The summed E-state index contributed by atoms with van der Waals surface area (Å²) in [4.78, 5) is 15.8. The fourth-order valence-electron chi connectivity index (χ4n) is 1.74. The highest BCUT2D eigenvalue weighted by Gasteiger charge is 2.04. The molecule has 0 bridgehead atoms. The van der Waals surface area contributed by atoms with Crippen LogP contribution in [-0.4, -0.2) is 17.9 Å². The van der Waals surface area contributed by atoms with Gasteiger partial charge in [0.2, 0.25) is 5.91 Å². The molecule has 0 atom stereocenters. The maximum atomic E-state index is 11.5. The van der Waals surface area contributed by atoms with E-state index in [0.29, 0.717) is 6.42 Å². The second-order valence-electron chi connectivity index (χ2n) is 3.89. The molecule has 2 rings (SSSR count). The lowest BCUT2D eigenvalue weighted by molar-refractivity contribution is -0.121. The summed E-state index contributed by atoms with van der Waals surface area (Å²) in [6, 6.07) is 13.6. The fraction of sp³-hybridized carbons (Fsp3) is 0.143. The highest BCUT2D eigenvalue weighted by molar-refractivity contribution is 5.78. The number of carbonyl (C=O) groups is 1. The second kappa shape index (κ2) is 5.93. The number of amides is 1. The average molecular weight is 241 g/mol. The number of benzene rings is 1. The molecule has 0 aliphatic rings. The summed E-state index contributed by atoms with van der Waals surface area (Å²) in [7, 11) is 1.67. The van der Waals surface area contributed by atoms with Crippen molar-refractivity contribution in [3.63, 3.8) is 0 Å². The van der Waals surface area contributed by atoms with Gasteiger partial charge in [-0.1, -0.05) is 24.3 Å². The van der Waals surface area contributed by atoms with Crippen LogP contribution >= 0.6 is 0 Å². The third kappa shape index (κ3) is 3.15. The van der Waals surface area contributed by atoms with Crippen LogP contribution in [0.25, 0.3) is 11.3 Å². The number of nitrogens with one attached hydrogen (secondary N) is 2. The van der Waals surface area contributed by atoms with Crippen molar-refractivity contribution >= 4 is 5.91 Å². The molecule has 18 heavy (non-hydrogen) atoms. The Hall–Kier alpha value is -2.20. The lowest BCUT2D eigenvalue weighted by Gasteiger charge is -2.05. The van der Waals surface area contributed by atoms with Crippen LogP contribution in [-0.2, 0) is 11.2 Å². The lowest BCUT2D eigenvalue weighted by Crippen LogP contribution is -2.35. The summed E-state index contributed by atoms with van der Waals surface area (Å²) in [5, 5.41) is 0. The fourth-order valence-corrected chi connectivity index (χ4v) is 1.74. The van der Waals surface area contributed by atoms with Crippen LogP contribution in [0.5, 0.6) is 0 Å². The van der Waals surface area contributed by atoms with Gasteiger partial charge >= 0.3 is 0 Å². The van der Waals surface area contributed by atoms with Crippen LogP contribution in [0.1, 0.15) is 5.56 Å². The normalized spacial score (nSPS) is 10.1. The molecule has 1 aromatic carbocycles. The van der Waals surface area contributed by atoms with Gasteiger partial charge in [0.25, 0.3) is 0 Å². The predicted molar refractivity (Wildman–Crippen MR) is 70.6 cm³/mol. The zero-order valence-corrected chi connectivity index (χ0v) is 10.2. The Morgan fingerprint density at radius 2 is 2.11 bits per heavy atom. The SMILES string of the molecule is CNNC(=O)Cc1cccc(-c2ccccn2)c1. The molecule has 1 heterocycles. The van der Waals surface area contributed by atoms with Gasteiger partial charge in [-0.15, -0.1) is 0 Å². The van der Waals surface area contributed by atoms with Gasteiger partial charge < -0.3 is 0 Å². The van der Waals surface area contributed by atoms with Gasteiger partial charge in [0.1, 0.15) is 0 Å². The minimum absolute atomic E-state index is 0.0596. The van der Waals surface area contributed by atoms with Gasteiger partial charge in [-0.05, 0) is 23.8 Å². The standard InChI is InChI=1S/C14H15N3O/c1-15-17-14(18)10-11-5-4-6-12(9-11)13-7-2-3-8-16-13/h2-9,15H,10H2,1H3,(H,17,18). The van der Waals surface area contributed by atoms with Crippen LogP contribution in [0.15, 0.2) is 48.7 Å². The van der Waals surface area contributed by atoms with E-state index in [1.54, 1.807) is 13.2 Å². The molecule has 0 unspecified atom stereocenters. The van der Waals surface area contributed by atoms with Crippen molar-refractivity contribution < 1.29 is 4.79 Å². The van der Waals surface area contributed by atoms with Gasteiger partial charge in [-0.3, -0.25) is 15.2 Å². The van der Waals surface area contributed by atoms with Crippen LogP contribution < -0.4 is 10.9 Å². The van der Waals surface area contributed by atoms with Gasteiger partial charge in [0.15, 0.2) is 0 Å². The van der Waals surface area contributed by atoms with Crippen molar-refractivity contribution in [2.24, 2.45) is 0 Å². The van der Waals surface area contributed by atoms with Crippen molar-refractivity contribution in [3.05, 3.63) is 54.2 Å². The van der Waals surface area contributed by atoms with Gasteiger partial charge in [-0.2, -0.15) is 0 Å². The van der Waals surface area contributed by atoms with E-state index in [9.17, 15) is 4.79 Å². The van der Waals surface area contributed by atoms with Crippen LogP contribution in [0.2, 0.25) is 0 Å². The number of hydrogen-bond acceptors (Lipinski definition) is 3. The van der Waals surface area contributed by atoms with E-state index < -0.39 is 0 Å². The zero-order valence-electron chi connectivity index (χ0n) is 10.2. The Kier molecular flexibility index (Phi) is 4.04. The Bertz CT molecular complexity index is 526. The lowest BCUT2D eigenvalue weighted by atomic mass is 10.1. The zero-order chi connectivity index (χ0) is 12.8. The summed E-state index contributed by atoms with van der Waals surface area (Å²) in [6.07, 6.45) is 2.11. The molecule has 0 fully saturated rings. The summed E-state index contributed by atoms with van der Waals surface area (Å²) in [5.74, 6) is -0.0596. The molecule has 4 heteroatoms. The molecule has 0 spiro atoms. The highest BCUT2D eigenvalue weighted by atomic mass is 16.2. The molecule has 4 nitrogen and oxygen atoms in total. The predicted octanol–water partition coefficient (Wildman–Crippen LogP) is 1.54. The molecule has 0 saturated heterocycles. The van der Waals surface area contributed by atoms with Crippen molar-refractivity contribution in [2.45, 2.75) is 6.42 Å². The third-order valence-corrected chi connectivity index (χ3v) is 2.52. The number of carbonyl (C=O) groups excluding carboxylic acids is 1. The van der Waals surface area contributed by atoms with Crippen molar-refractivity contribution in [2.75, 3.05) is 7.05 Å². The molecule has 1 amide bonds. The van der Waals surface area contributed by atoms with Crippen molar-refractivity contribution in [1.29, 1.82) is 0 Å². The Balaban J connectivity index is 2.18. The molecule has 0 saturated carbocycles. The minimum atomic E-state index is -0.0596. The number of aromatic nitrogens is 1. The average Bonchev–Trinajstić information content (AvgIpc) is 2.40. The van der Waals surface area contributed by atoms with E-state index in [4.69, 9.17) is 0 Å². The first-order valence-corrected chi connectivity index (χ1v) is 5.75. The smallest absolute Gasteiger partial charge is 0.238 e. The number of pyridine rings is 1. The Labute approximate surface area is 106 Å². The van der Waals surface area contributed by atoms with Gasteiger partial charge in [0, 0.05) is 18.8 Å². The first-order valence-electron chi connectivity index (χ1n) is 5.75.